The van der Waals surface area contributed by atoms with Crippen LogP contribution in [0.15, 0.2) is 28.8 Å². The Bertz CT molecular complexity index is 915. The van der Waals surface area contributed by atoms with Gasteiger partial charge in [-0.05, 0) is 38.3 Å². The van der Waals surface area contributed by atoms with E-state index in [4.69, 9.17) is 9.26 Å². The Balaban J connectivity index is 1.68. The molecule has 1 unspecified atom stereocenters. The smallest absolute Gasteiger partial charge is 0.276 e. The third-order valence-corrected chi connectivity index (χ3v) is 6.55. The molecular weight excluding hydrogens is 368 g/mol. The molecule has 146 valence electrons. The summed E-state index contributed by atoms with van der Waals surface area (Å²) in [4.78, 5) is 14.3. The lowest BCUT2D eigenvalue weighted by Crippen LogP contribution is -2.41. The molecule has 1 aromatic carbocycles. The number of benzene rings is 1. The monoisotopic (exact) mass is 392 g/mol. The first kappa shape index (κ1) is 19.4. The molecule has 1 aromatic heterocycles. The zero-order valence-electron chi connectivity index (χ0n) is 15.8. The normalized spacial score (nSPS) is 18.4. The highest BCUT2D eigenvalue weighted by Gasteiger charge is 2.35. The van der Waals surface area contributed by atoms with Crippen LogP contribution in [-0.4, -0.2) is 48.5 Å². The Labute approximate surface area is 159 Å². The summed E-state index contributed by atoms with van der Waals surface area (Å²) in [5.41, 5.74) is 2.21. The topological polar surface area (TPSA) is 89.7 Å². The van der Waals surface area contributed by atoms with Crippen LogP contribution in [-0.2, 0) is 16.4 Å². The van der Waals surface area contributed by atoms with E-state index < -0.39 is 9.84 Å². The molecule has 0 N–H and O–H groups in total. The minimum Gasteiger partial charge on any atom is -0.485 e. The zero-order valence-corrected chi connectivity index (χ0v) is 16.6. The van der Waals surface area contributed by atoms with Crippen LogP contribution in [0.2, 0.25) is 0 Å². The number of rotatable bonds is 6. The Morgan fingerprint density at radius 3 is 2.63 bits per heavy atom. The number of carbonyl (C=O) groups excluding carboxylic acids is 1. The van der Waals surface area contributed by atoms with Gasteiger partial charge in [-0.25, -0.2) is 8.42 Å². The van der Waals surface area contributed by atoms with Crippen LogP contribution in [0.3, 0.4) is 0 Å². The molecule has 1 fully saturated rings. The lowest BCUT2D eigenvalue weighted by molar-refractivity contribution is 0.0697. The molecule has 7 nitrogen and oxygen atoms in total. The number of aromatic nitrogens is 1. The van der Waals surface area contributed by atoms with Gasteiger partial charge in [0.15, 0.2) is 21.3 Å². The molecule has 8 heteroatoms. The van der Waals surface area contributed by atoms with Gasteiger partial charge in [-0.2, -0.15) is 0 Å². The number of para-hydroxylation sites is 1. The lowest BCUT2D eigenvalue weighted by Gasteiger charge is -2.25. The second kappa shape index (κ2) is 7.72. The summed E-state index contributed by atoms with van der Waals surface area (Å²) >= 11 is 0. The van der Waals surface area contributed by atoms with E-state index in [2.05, 4.69) is 5.16 Å². The van der Waals surface area contributed by atoms with Crippen LogP contribution >= 0.6 is 0 Å². The summed E-state index contributed by atoms with van der Waals surface area (Å²) in [6.45, 7) is 6.34. The molecule has 1 aliphatic heterocycles. The standard InChI is InChI=1S/C19H24N2O5S/c1-4-21(15-8-9-27(23,24)12-15)19(22)17-10-16(26-20-17)11-25-18-13(2)6-5-7-14(18)3/h5-7,10,15H,4,8-9,11-12H2,1-3H3. The molecule has 1 amide bonds. The Hall–Kier alpha value is -2.35. The van der Waals surface area contributed by atoms with Crippen molar-refractivity contribution in [3.05, 3.63) is 46.8 Å². The van der Waals surface area contributed by atoms with Crippen LogP contribution in [0.4, 0.5) is 0 Å². The van der Waals surface area contributed by atoms with Gasteiger partial charge in [0.05, 0.1) is 11.5 Å². The fourth-order valence-electron chi connectivity index (χ4n) is 3.39. The zero-order chi connectivity index (χ0) is 19.6. The number of hydrogen-bond donors (Lipinski definition) is 0. The van der Waals surface area contributed by atoms with E-state index in [1.165, 1.54) is 0 Å². The maximum absolute atomic E-state index is 12.7. The molecule has 3 rings (SSSR count). The molecule has 2 aromatic rings. The first-order valence-electron chi connectivity index (χ1n) is 8.96. The minimum atomic E-state index is -3.07. The van der Waals surface area contributed by atoms with Crippen molar-refractivity contribution in [2.75, 3.05) is 18.1 Å². The molecular formula is C19H24N2O5S. The fourth-order valence-corrected chi connectivity index (χ4v) is 5.12. The van der Waals surface area contributed by atoms with E-state index in [9.17, 15) is 13.2 Å². The highest BCUT2D eigenvalue weighted by atomic mass is 32.2. The van der Waals surface area contributed by atoms with Crippen molar-refractivity contribution in [2.24, 2.45) is 0 Å². The first-order valence-corrected chi connectivity index (χ1v) is 10.8. The molecule has 2 heterocycles. The molecule has 0 saturated carbocycles. The van der Waals surface area contributed by atoms with E-state index in [1.54, 1.807) is 11.0 Å². The average Bonchev–Trinajstić information content (AvgIpc) is 3.21. The van der Waals surface area contributed by atoms with Crippen molar-refractivity contribution in [2.45, 2.75) is 39.8 Å². The minimum absolute atomic E-state index is 0.00691. The summed E-state index contributed by atoms with van der Waals surface area (Å²) < 4.78 is 34.5. The third-order valence-electron chi connectivity index (χ3n) is 4.80. The largest absolute Gasteiger partial charge is 0.485 e. The van der Waals surface area contributed by atoms with Crippen molar-refractivity contribution in [3.8, 4) is 5.75 Å². The molecule has 0 aliphatic carbocycles. The maximum atomic E-state index is 12.7. The summed E-state index contributed by atoms with van der Waals surface area (Å²) in [5.74, 6) is 1.04. The molecule has 1 saturated heterocycles. The second-order valence-corrected chi connectivity index (χ2v) is 9.06. The van der Waals surface area contributed by atoms with Crippen molar-refractivity contribution in [1.82, 2.24) is 10.1 Å². The van der Waals surface area contributed by atoms with Gasteiger partial charge in [0.1, 0.15) is 12.4 Å². The van der Waals surface area contributed by atoms with Gasteiger partial charge in [-0.3, -0.25) is 4.79 Å². The van der Waals surface area contributed by atoms with Crippen LogP contribution in [0, 0.1) is 13.8 Å². The number of carbonyl (C=O) groups is 1. The van der Waals surface area contributed by atoms with E-state index >= 15 is 0 Å². The van der Waals surface area contributed by atoms with Gasteiger partial charge in [0.25, 0.3) is 5.91 Å². The molecule has 0 radical (unpaired) electrons. The number of amides is 1. The van der Waals surface area contributed by atoms with Gasteiger partial charge in [0.2, 0.25) is 0 Å². The quantitative estimate of drug-likeness (QED) is 0.750. The SMILES string of the molecule is CCN(C(=O)c1cc(COc2c(C)cccc2C)on1)C1CCS(=O)(=O)C1. The number of ether oxygens (including phenoxy) is 1. The Morgan fingerprint density at radius 2 is 2.04 bits per heavy atom. The van der Waals surface area contributed by atoms with Gasteiger partial charge in [0, 0.05) is 18.7 Å². The van der Waals surface area contributed by atoms with Crippen LogP contribution in [0.25, 0.3) is 0 Å². The molecule has 27 heavy (non-hydrogen) atoms. The average molecular weight is 392 g/mol. The lowest BCUT2D eigenvalue weighted by atomic mass is 10.1. The number of aryl methyl sites for hydroxylation is 2. The first-order chi connectivity index (χ1) is 12.8. The molecule has 0 spiro atoms. The highest BCUT2D eigenvalue weighted by molar-refractivity contribution is 7.91. The van der Waals surface area contributed by atoms with Crippen molar-refractivity contribution >= 4 is 15.7 Å². The summed E-state index contributed by atoms with van der Waals surface area (Å²) in [7, 11) is -3.07. The van der Waals surface area contributed by atoms with E-state index in [1.807, 2.05) is 39.0 Å². The highest BCUT2D eigenvalue weighted by Crippen LogP contribution is 2.24. The number of sulfone groups is 1. The van der Waals surface area contributed by atoms with Crippen molar-refractivity contribution < 1.29 is 22.5 Å². The van der Waals surface area contributed by atoms with Crippen LogP contribution in [0.1, 0.15) is 40.7 Å². The molecule has 1 atom stereocenters. The Kier molecular flexibility index (Phi) is 5.55. The second-order valence-electron chi connectivity index (χ2n) is 6.84. The van der Waals surface area contributed by atoms with Crippen LogP contribution < -0.4 is 4.74 Å². The fraction of sp³-hybridized carbons (Fsp3) is 0.474. The summed E-state index contributed by atoms with van der Waals surface area (Å²) in [5, 5.41) is 3.85. The van der Waals surface area contributed by atoms with Crippen molar-refractivity contribution in [1.29, 1.82) is 0 Å². The van der Waals surface area contributed by atoms with Gasteiger partial charge >= 0.3 is 0 Å². The summed E-state index contributed by atoms with van der Waals surface area (Å²) in [6, 6.07) is 7.14. The number of hydrogen-bond acceptors (Lipinski definition) is 6. The number of nitrogens with zero attached hydrogens (tertiary/aromatic N) is 2. The van der Waals surface area contributed by atoms with Crippen molar-refractivity contribution in [3.63, 3.8) is 0 Å². The molecule has 1 aliphatic rings. The maximum Gasteiger partial charge on any atom is 0.276 e. The third kappa shape index (κ3) is 4.32. The van der Waals surface area contributed by atoms with E-state index in [0.29, 0.717) is 18.7 Å². The van der Waals surface area contributed by atoms with Gasteiger partial charge in [-0.15, -0.1) is 0 Å². The predicted octanol–water partition coefficient (Wildman–Crippen LogP) is 2.52. The summed E-state index contributed by atoms with van der Waals surface area (Å²) in [6.07, 6.45) is 0.461. The predicted molar refractivity (Wildman–Crippen MR) is 101 cm³/mol. The van der Waals surface area contributed by atoms with E-state index in [-0.39, 0.29) is 35.8 Å². The van der Waals surface area contributed by atoms with Gasteiger partial charge in [-0.1, -0.05) is 23.4 Å². The van der Waals surface area contributed by atoms with E-state index in [0.717, 1.165) is 16.9 Å². The van der Waals surface area contributed by atoms with Crippen LogP contribution in [0.5, 0.6) is 5.75 Å². The Morgan fingerprint density at radius 1 is 1.33 bits per heavy atom. The molecule has 0 bridgehead atoms. The van der Waals surface area contributed by atoms with Gasteiger partial charge < -0.3 is 14.2 Å².